The SMILES string of the molecule is CCCN1C(=O)N/C(=C/c2cc(Cl)c(OCc3ccc(C)cc3)c(OC)c2)C1=O. The number of amides is 3. The van der Waals surface area contributed by atoms with Crippen LogP contribution in [0.5, 0.6) is 11.5 Å². The third kappa shape index (κ3) is 4.71. The Morgan fingerprint density at radius 2 is 1.90 bits per heavy atom. The van der Waals surface area contributed by atoms with Gasteiger partial charge in [-0.05, 0) is 42.7 Å². The number of urea groups is 1. The quantitative estimate of drug-likeness (QED) is 0.533. The molecular formula is C22H23ClN2O4. The van der Waals surface area contributed by atoms with Crippen LogP contribution in [0, 0.1) is 6.92 Å². The first-order chi connectivity index (χ1) is 13.9. The summed E-state index contributed by atoms with van der Waals surface area (Å²) in [6.07, 6.45) is 2.27. The number of benzene rings is 2. The van der Waals surface area contributed by atoms with E-state index in [4.69, 9.17) is 21.1 Å². The highest BCUT2D eigenvalue weighted by molar-refractivity contribution is 6.32. The Morgan fingerprint density at radius 3 is 2.55 bits per heavy atom. The molecule has 0 spiro atoms. The lowest BCUT2D eigenvalue weighted by Gasteiger charge is -2.14. The number of carbonyl (C=O) groups is 2. The second-order valence-corrected chi connectivity index (χ2v) is 7.16. The smallest absolute Gasteiger partial charge is 0.329 e. The third-order valence-electron chi connectivity index (χ3n) is 4.48. The molecule has 0 bridgehead atoms. The van der Waals surface area contributed by atoms with Crippen molar-refractivity contribution in [2.75, 3.05) is 13.7 Å². The zero-order valence-electron chi connectivity index (χ0n) is 16.6. The van der Waals surface area contributed by atoms with Gasteiger partial charge in [0, 0.05) is 6.54 Å². The summed E-state index contributed by atoms with van der Waals surface area (Å²) in [6.45, 7) is 4.65. The standard InChI is InChI=1S/C22H23ClN2O4/c1-4-9-25-21(26)18(24-22(25)27)11-16-10-17(23)20(19(12-16)28-3)29-13-15-7-5-14(2)6-8-15/h5-8,10-12H,4,9,13H2,1-3H3,(H,24,27)/b18-11+. The van der Waals surface area contributed by atoms with E-state index in [9.17, 15) is 9.59 Å². The number of methoxy groups -OCH3 is 1. The first-order valence-electron chi connectivity index (χ1n) is 9.33. The summed E-state index contributed by atoms with van der Waals surface area (Å²) >= 11 is 6.42. The van der Waals surface area contributed by atoms with E-state index in [0.29, 0.717) is 41.7 Å². The Bertz CT molecular complexity index is 954. The molecular weight excluding hydrogens is 392 g/mol. The van der Waals surface area contributed by atoms with Gasteiger partial charge in [-0.25, -0.2) is 4.79 Å². The van der Waals surface area contributed by atoms with Crippen LogP contribution in [-0.2, 0) is 11.4 Å². The van der Waals surface area contributed by atoms with E-state index >= 15 is 0 Å². The maximum atomic E-state index is 12.4. The first-order valence-corrected chi connectivity index (χ1v) is 9.71. The minimum absolute atomic E-state index is 0.204. The largest absolute Gasteiger partial charge is 0.493 e. The predicted molar refractivity (Wildman–Crippen MR) is 112 cm³/mol. The van der Waals surface area contributed by atoms with E-state index < -0.39 is 6.03 Å². The molecule has 7 heteroatoms. The molecule has 0 saturated carbocycles. The van der Waals surface area contributed by atoms with Gasteiger partial charge in [-0.15, -0.1) is 0 Å². The van der Waals surface area contributed by atoms with Gasteiger partial charge in [-0.1, -0.05) is 48.4 Å². The molecule has 0 radical (unpaired) electrons. The monoisotopic (exact) mass is 414 g/mol. The Balaban J connectivity index is 1.82. The van der Waals surface area contributed by atoms with E-state index in [1.54, 1.807) is 18.2 Å². The van der Waals surface area contributed by atoms with Crippen LogP contribution < -0.4 is 14.8 Å². The van der Waals surface area contributed by atoms with Crippen molar-refractivity contribution < 1.29 is 19.1 Å². The van der Waals surface area contributed by atoms with Gasteiger partial charge in [0.1, 0.15) is 12.3 Å². The molecule has 2 aromatic carbocycles. The lowest BCUT2D eigenvalue weighted by Crippen LogP contribution is -2.31. The number of carbonyl (C=O) groups excluding carboxylic acids is 2. The topological polar surface area (TPSA) is 67.9 Å². The normalized spacial score (nSPS) is 15.0. The summed E-state index contributed by atoms with van der Waals surface area (Å²) in [5.41, 5.74) is 3.01. The van der Waals surface area contributed by atoms with Crippen LogP contribution in [0.3, 0.4) is 0 Å². The van der Waals surface area contributed by atoms with Crippen molar-refractivity contribution in [1.29, 1.82) is 0 Å². The Labute approximate surface area is 175 Å². The zero-order chi connectivity index (χ0) is 21.0. The summed E-state index contributed by atoms with van der Waals surface area (Å²) in [7, 11) is 1.52. The van der Waals surface area contributed by atoms with Crippen LogP contribution >= 0.6 is 11.6 Å². The van der Waals surface area contributed by atoms with Crippen LogP contribution in [0.2, 0.25) is 5.02 Å². The molecule has 2 aromatic rings. The number of imide groups is 1. The van der Waals surface area contributed by atoms with Crippen LogP contribution in [-0.4, -0.2) is 30.5 Å². The van der Waals surface area contributed by atoms with Gasteiger partial charge in [0.05, 0.1) is 12.1 Å². The summed E-state index contributed by atoms with van der Waals surface area (Å²) < 4.78 is 11.3. The average molecular weight is 415 g/mol. The fourth-order valence-corrected chi connectivity index (χ4v) is 3.24. The molecule has 0 atom stereocenters. The molecule has 1 heterocycles. The van der Waals surface area contributed by atoms with E-state index in [0.717, 1.165) is 5.56 Å². The molecule has 1 saturated heterocycles. The summed E-state index contributed by atoms with van der Waals surface area (Å²) in [6, 6.07) is 11.0. The molecule has 1 fully saturated rings. The zero-order valence-corrected chi connectivity index (χ0v) is 17.4. The molecule has 3 rings (SSSR count). The molecule has 1 aliphatic heterocycles. The molecule has 1 aliphatic rings. The van der Waals surface area contributed by atoms with Crippen molar-refractivity contribution in [3.05, 3.63) is 63.8 Å². The minimum Gasteiger partial charge on any atom is -0.493 e. The maximum Gasteiger partial charge on any atom is 0.329 e. The highest BCUT2D eigenvalue weighted by atomic mass is 35.5. The highest BCUT2D eigenvalue weighted by Crippen LogP contribution is 2.37. The summed E-state index contributed by atoms with van der Waals surface area (Å²) in [5.74, 6) is 0.511. The number of hydrogen-bond acceptors (Lipinski definition) is 4. The van der Waals surface area contributed by atoms with Crippen molar-refractivity contribution in [1.82, 2.24) is 10.2 Å². The fourth-order valence-electron chi connectivity index (χ4n) is 2.97. The van der Waals surface area contributed by atoms with Crippen molar-refractivity contribution in [3.63, 3.8) is 0 Å². The molecule has 0 aromatic heterocycles. The van der Waals surface area contributed by atoms with Crippen molar-refractivity contribution in [3.8, 4) is 11.5 Å². The van der Waals surface area contributed by atoms with E-state index in [-0.39, 0.29) is 11.6 Å². The molecule has 152 valence electrons. The average Bonchev–Trinajstić information content (AvgIpc) is 2.96. The number of nitrogens with one attached hydrogen (secondary N) is 1. The lowest BCUT2D eigenvalue weighted by atomic mass is 10.1. The maximum absolute atomic E-state index is 12.4. The Morgan fingerprint density at radius 1 is 1.17 bits per heavy atom. The summed E-state index contributed by atoms with van der Waals surface area (Å²) in [4.78, 5) is 25.5. The molecule has 0 unspecified atom stereocenters. The van der Waals surface area contributed by atoms with Crippen LogP contribution in [0.25, 0.3) is 6.08 Å². The second kappa shape index (κ2) is 9.01. The number of rotatable bonds is 7. The van der Waals surface area contributed by atoms with Gasteiger partial charge in [-0.3, -0.25) is 9.69 Å². The Hall–Kier alpha value is -2.99. The van der Waals surface area contributed by atoms with Crippen LogP contribution in [0.4, 0.5) is 4.79 Å². The number of halogens is 1. The molecule has 3 amide bonds. The summed E-state index contributed by atoms with van der Waals surface area (Å²) in [5, 5.41) is 2.95. The minimum atomic E-state index is -0.417. The predicted octanol–water partition coefficient (Wildman–Crippen LogP) is 4.54. The number of hydrogen-bond donors (Lipinski definition) is 1. The van der Waals surface area contributed by atoms with Gasteiger partial charge in [0.2, 0.25) is 0 Å². The Kier molecular flexibility index (Phi) is 6.44. The van der Waals surface area contributed by atoms with Crippen LogP contribution in [0.1, 0.15) is 30.0 Å². The fraction of sp³-hybridized carbons (Fsp3) is 0.273. The van der Waals surface area contributed by atoms with E-state index in [1.165, 1.54) is 17.6 Å². The highest BCUT2D eigenvalue weighted by Gasteiger charge is 2.32. The number of aryl methyl sites for hydroxylation is 1. The van der Waals surface area contributed by atoms with Crippen molar-refractivity contribution >= 4 is 29.6 Å². The van der Waals surface area contributed by atoms with Gasteiger partial charge in [0.25, 0.3) is 5.91 Å². The first kappa shape index (κ1) is 20.7. The van der Waals surface area contributed by atoms with Crippen molar-refractivity contribution in [2.45, 2.75) is 26.9 Å². The third-order valence-corrected chi connectivity index (χ3v) is 4.76. The number of nitrogens with zero attached hydrogens (tertiary/aromatic N) is 1. The van der Waals surface area contributed by atoms with E-state index in [1.807, 2.05) is 38.1 Å². The molecule has 29 heavy (non-hydrogen) atoms. The van der Waals surface area contributed by atoms with Gasteiger partial charge < -0.3 is 14.8 Å². The lowest BCUT2D eigenvalue weighted by molar-refractivity contribution is -0.122. The van der Waals surface area contributed by atoms with Crippen molar-refractivity contribution in [2.24, 2.45) is 0 Å². The number of ether oxygens (including phenoxy) is 2. The van der Waals surface area contributed by atoms with Gasteiger partial charge in [0.15, 0.2) is 11.5 Å². The van der Waals surface area contributed by atoms with Crippen LogP contribution in [0.15, 0.2) is 42.1 Å². The second-order valence-electron chi connectivity index (χ2n) is 6.75. The molecule has 1 N–H and O–H groups in total. The van der Waals surface area contributed by atoms with E-state index in [2.05, 4.69) is 5.32 Å². The van der Waals surface area contributed by atoms with Gasteiger partial charge >= 0.3 is 6.03 Å². The van der Waals surface area contributed by atoms with Gasteiger partial charge in [-0.2, -0.15) is 0 Å². The molecule has 0 aliphatic carbocycles. The molecule has 6 nitrogen and oxygen atoms in total.